The minimum Gasteiger partial charge on any atom is -0.367 e. The van der Waals surface area contributed by atoms with Crippen molar-refractivity contribution in [3.8, 4) is 6.07 Å². The smallest absolute Gasteiger partial charge is 0.0640 e. The second-order valence-electron chi connectivity index (χ2n) is 4.32. The van der Waals surface area contributed by atoms with Gasteiger partial charge < -0.3 is 10.6 Å². The molecule has 0 amide bonds. The van der Waals surface area contributed by atoms with E-state index in [1.54, 1.807) is 0 Å². The topological polar surface area (TPSA) is 53.0 Å². The van der Waals surface area contributed by atoms with Crippen molar-refractivity contribution in [3.05, 3.63) is 30.3 Å². The van der Waals surface area contributed by atoms with Crippen molar-refractivity contribution in [1.82, 2.24) is 0 Å². The molecule has 0 aromatic heterocycles. The van der Waals surface area contributed by atoms with Crippen molar-refractivity contribution < 1.29 is 0 Å². The van der Waals surface area contributed by atoms with Gasteiger partial charge in [-0.1, -0.05) is 18.2 Å². The van der Waals surface area contributed by atoms with Gasteiger partial charge in [-0.05, 0) is 25.0 Å². The maximum Gasteiger partial charge on any atom is 0.0640 e. The zero-order valence-electron chi connectivity index (χ0n) is 9.34. The SMILES string of the molecule is N#CCCN(c1ccccc1)C1CC(N)C1. The van der Waals surface area contributed by atoms with Gasteiger partial charge in [0, 0.05) is 24.3 Å². The molecule has 1 fully saturated rings. The number of anilines is 1. The van der Waals surface area contributed by atoms with Crippen LogP contribution in [0, 0.1) is 11.3 Å². The van der Waals surface area contributed by atoms with E-state index >= 15 is 0 Å². The molecule has 0 spiro atoms. The van der Waals surface area contributed by atoms with Crippen molar-refractivity contribution in [2.45, 2.75) is 31.3 Å². The fourth-order valence-electron chi connectivity index (χ4n) is 2.20. The molecule has 1 aliphatic carbocycles. The Bertz CT molecular complexity index is 363. The summed E-state index contributed by atoms with van der Waals surface area (Å²) in [4.78, 5) is 2.31. The molecule has 3 nitrogen and oxygen atoms in total. The molecular weight excluding hydrogens is 198 g/mol. The maximum atomic E-state index is 8.69. The van der Waals surface area contributed by atoms with E-state index in [1.807, 2.05) is 18.2 Å². The number of hydrogen-bond acceptors (Lipinski definition) is 3. The van der Waals surface area contributed by atoms with Gasteiger partial charge in [-0.25, -0.2) is 0 Å². The molecule has 0 atom stereocenters. The number of rotatable bonds is 4. The molecule has 1 aromatic rings. The van der Waals surface area contributed by atoms with Crippen LogP contribution in [0.2, 0.25) is 0 Å². The van der Waals surface area contributed by atoms with E-state index in [-0.39, 0.29) is 0 Å². The quantitative estimate of drug-likeness (QED) is 0.834. The van der Waals surface area contributed by atoms with Crippen LogP contribution in [0.3, 0.4) is 0 Å². The van der Waals surface area contributed by atoms with E-state index in [0.717, 1.165) is 19.4 Å². The average Bonchev–Trinajstić information content (AvgIpc) is 2.28. The molecule has 0 heterocycles. The van der Waals surface area contributed by atoms with Crippen molar-refractivity contribution in [2.75, 3.05) is 11.4 Å². The molecule has 0 saturated heterocycles. The Kier molecular flexibility index (Phi) is 3.43. The van der Waals surface area contributed by atoms with Crippen molar-refractivity contribution in [3.63, 3.8) is 0 Å². The van der Waals surface area contributed by atoms with Crippen LogP contribution in [0.1, 0.15) is 19.3 Å². The third-order valence-corrected chi connectivity index (χ3v) is 3.14. The number of nitriles is 1. The summed E-state index contributed by atoms with van der Waals surface area (Å²) in [5.41, 5.74) is 7.03. The molecule has 1 saturated carbocycles. The molecule has 1 aliphatic rings. The predicted molar refractivity (Wildman–Crippen MR) is 65.0 cm³/mol. The van der Waals surface area contributed by atoms with Crippen LogP contribution >= 0.6 is 0 Å². The summed E-state index contributed by atoms with van der Waals surface area (Å²) < 4.78 is 0. The summed E-state index contributed by atoms with van der Waals surface area (Å²) in [6.45, 7) is 0.803. The Morgan fingerprint density at radius 2 is 2.00 bits per heavy atom. The van der Waals surface area contributed by atoms with Crippen molar-refractivity contribution in [2.24, 2.45) is 5.73 Å². The average molecular weight is 215 g/mol. The lowest BCUT2D eigenvalue weighted by molar-refractivity contribution is 0.330. The number of nitrogens with zero attached hydrogens (tertiary/aromatic N) is 2. The maximum absolute atomic E-state index is 8.69. The zero-order valence-corrected chi connectivity index (χ0v) is 9.34. The van der Waals surface area contributed by atoms with E-state index in [2.05, 4.69) is 23.1 Å². The first-order valence-electron chi connectivity index (χ1n) is 5.75. The summed E-state index contributed by atoms with van der Waals surface area (Å²) >= 11 is 0. The second-order valence-corrected chi connectivity index (χ2v) is 4.32. The molecule has 2 rings (SSSR count). The molecule has 3 heteroatoms. The highest BCUT2D eigenvalue weighted by Crippen LogP contribution is 2.28. The van der Waals surface area contributed by atoms with Crippen LogP contribution in [0.15, 0.2) is 30.3 Å². The molecule has 0 unspecified atom stereocenters. The first kappa shape index (κ1) is 11.0. The van der Waals surface area contributed by atoms with Crippen LogP contribution in [-0.4, -0.2) is 18.6 Å². The second kappa shape index (κ2) is 5.00. The largest absolute Gasteiger partial charge is 0.367 e. The lowest BCUT2D eigenvalue weighted by atomic mass is 9.86. The normalized spacial score (nSPS) is 23.2. The lowest BCUT2D eigenvalue weighted by Crippen LogP contribution is -2.51. The highest BCUT2D eigenvalue weighted by atomic mass is 15.2. The number of benzene rings is 1. The van der Waals surface area contributed by atoms with Gasteiger partial charge in [-0.15, -0.1) is 0 Å². The minimum absolute atomic E-state index is 0.346. The number of para-hydroxylation sites is 1. The van der Waals surface area contributed by atoms with Crippen LogP contribution in [0.5, 0.6) is 0 Å². The number of nitrogens with two attached hydrogens (primary N) is 1. The molecule has 16 heavy (non-hydrogen) atoms. The van der Waals surface area contributed by atoms with E-state index in [4.69, 9.17) is 11.0 Å². The monoisotopic (exact) mass is 215 g/mol. The minimum atomic E-state index is 0.346. The van der Waals surface area contributed by atoms with Crippen molar-refractivity contribution in [1.29, 1.82) is 5.26 Å². The fourth-order valence-corrected chi connectivity index (χ4v) is 2.20. The van der Waals surface area contributed by atoms with Gasteiger partial charge in [-0.3, -0.25) is 0 Å². The zero-order chi connectivity index (χ0) is 11.4. The fraction of sp³-hybridized carbons (Fsp3) is 0.462. The highest BCUT2D eigenvalue weighted by molar-refractivity contribution is 5.47. The van der Waals surface area contributed by atoms with Crippen LogP contribution in [0.4, 0.5) is 5.69 Å². The van der Waals surface area contributed by atoms with Crippen LogP contribution in [-0.2, 0) is 0 Å². The molecule has 0 bridgehead atoms. The third kappa shape index (κ3) is 2.34. The van der Waals surface area contributed by atoms with Gasteiger partial charge >= 0.3 is 0 Å². The summed E-state index contributed by atoms with van der Waals surface area (Å²) in [6, 6.07) is 13.4. The Balaban J connectivity index is 2.06. The molecule has 1 aromatic carbocycles. The molecule has 0 radical (unpaired) electrons. The van der Waals surface area contributed by atoms with Gasteiger partial charge in [0.2, 0.25) is 0 Å². The summed E-state index contributed by atoms with van der Waals surface area (Å²) in [5, 5.41) is 8.69. The van der Waals surface area contributed by atoms with Crippen LogP contribution in [0.25, 0.3) is 0 Å². The summed E-state index contributed by atoms with van der Waals surface area (Å²) in [7, 11) is 0. The van der Waals surface area contributed by atoms with E-state index in [1.165, 1.54) is 5.69 Å². The standard InChI is InChI=1S/C13H17N3/c14-7-4-8-16(13-9-11(15)10-13)12-5-2-1-3-6-12/h1-3,5-6,11,13H,4,8-10,15H2. The summed E-state index contributed by atoms with van der Waals surface area (Å²) in [6.07, 6.45) is 2.65. The van der Waals surface area contributed by atoms with Crippen LogP contribution < -0.4 is 10.6 Å². The Hall–Kier alpha value is -1.53. The third-order valence-electron chi connectivity index (χ3n) is 3.14. The summed E-state index contributed by atoms with van der Waals surface area (Å²) in [5.74, 6) is 0. The van der Waals surface area contributed by atoms with E-state index in [9.17, 15) is 0 Å². The molecule has 2 N–H and O–H groups in total. The Labute approximate surface area is 96.5 Å². The predicted octanol–water partition coefficient (Wildman–Crippen LogP) is 1.90. The van der Waals surface area contributed by atoms with Gasteiger partial charge in [0.15, 0.2) is 0 Å². The Morgan fingerprint density at radius 1 is 1.31 bits per heavy atom. The van der Waals surface area contributed by atoms with E-state index in [0.29, 0.717) is 18.5 Å². The van der Waals surface area contributed by atoms with Crippen molar-refractivity contribution >= 4 is 5.69 Å². The van der Waals surface area contributed by atoms with E-state index < -0.39 is 0 Å². The Morgan fingerprint density at radius 3 is 2.56 bits per heavy atom. The highest BCUT2D eigenvalue weighted by Gasteiger charge is 2.31. The molecule has 0 aliphatic heterocycles. The lowest BCUT2D eigenvalue weighted by Gasteiger charge is -2.42. The molecule has 84 valence electrons. The van der Waals surface area contributed by atoms with Gasteiger partial charge in [0.05, 0.1) is 12.5 Å². The molecular formula is C13H17N3. The number of hydrogen-bond donors (Lipinski definition) is 1. The first-order chi connectivity index (χ1) is 7.81. The van der Waals surface area contributed by atoms with Gasteiger partial charge in [-0.2, -0.15) is 5.26 Å². The first-order valence-corrected chi connectivity index (χ1v) is 5.75. The van der Waals surface area contributed by atoms with Gasteiger partial charge in [0.25, 0.3) is 0 Å². The van der Waals surface area contributed by atoms with Gasteiger partial charge in [0.1, 0.15) is 0 Å².